The molecule has 4 aromatic carbocycles. The molecular weight excluding hydrogens is 713 g/mol. The summed E-state index contributed by atoms with van der Waals surface area (Å²) in [5.74, 6) is -0.315. The van der Waals surface area contributed by atoms with Gasteiger partial charge in [0.15, 0.2) is 19.7 Å². The van der Waals surface area contributed by atoms with Crippen molar-refractivity contribution in [1.82, 2.24) is 0 Å². The topological polar surface area (TPSA) is 145 Å². The van der Waals surface area contributed by atoms with Gasteiger partial charge < -0.3 is 29.9 Å². The third kappa shape index (κ3) is 8.06. The summed E-state index contributed by atoms with van der Waals surface area (Å²) in [6.07, 6.45) is -1.74. The second-order valence-corrected chi connectivity index (χ2v) is 19.9. The van der Waals surface area contributed by atoms with Crippen LogP contribution in [0.25, 0.3) is 0 Å². The number of aliphatic hydroxyl groups is 2. The fourth-order valence-electron chi connectivity index (χ4n) is 7.45. The van der Waals surface area contributed by atoms with E-state index in [1.54, 1.807) is 63.4 Å². The van der Waals surface area contributed by atoms with Crippen molar-refractivity contribution in [1.29, 1.82) is 0 Å². The van der Waals surface area contributed by atoms with Crippen LogP contribution in [0.15, 0.2) is 94.7 Å². The predicted octanol–water partition coefficient (Wildman–Crippen LogP) is 5.83. The zero-order valence-corrected chi connectivity index (χ0v) is 33.5. The van der Waals surface area contributed by atoms with Gasteiger partial charge in [0.25, 0.3) is 0 Å². The van der Waals surface area contributed by atoms with E-state index in [-0.39, 0.29) is 22.2 Å². The van der Waals surface area contributed by atoms with Gasteiger partial charge in [0.05, 0.1) is 40.6 Å². The number of phenols is 1. The van der Waals surface area contributed by atoms with E-state index in [0.717, 1.165) is 28.3 Å². The van der Waals surface area contributed by atoms with E-state index >= 15 is 0 Å². The highest BCUT2D eigenvalue weighted by molar-refractivity contribution is 7.91. The van der Waals surface area contributed by atoms with Gasteiger partial charge in [-0.3, -0.25) is 0 Å². The van der Waals surface area contributed by atoms with Crippen molar-refractivity contribution in [2.24, 2.45) is 10.8 Å². The highest BCUT2D eigenvalue weighted by atomic mass is 32.2. The number of nitrogens with zero attached hydrogens (tertiary/aromatic N) is 2. The van der Waals surface area contributed by atoms with Crippen molar-refractivity contribution < 1.29 is 36.9 Å². The Morgan fingerprint density at radius 3 is 1.30 bits per heavy atom. The molecule has 2 unspecified atom stereocenters. The van der Waals surface area contributed by atoms with Gasteiger partial charge in [-0.25, -0.2) is 16.8 Å². The molecule has 0 aliphatic carbocycles. The van der Waals surface area contributed by atoms with Crippen LogP contribution in [0.4, 0.5) is 11.4 Å². The van der Waals surface area contributed by atoms with Gasteiger partial charge in [-0.15, -0.1) is 0 Å². The van der Waals surface area contributed by atoms with Gasteiger partial charge in [0.1, 0.15) is 11.5 Å². The van der Waals surface area contributed by atoms with Crippen molar-refractivity contribution >= 4 is 31.0 Å². The molecule has 4 aromatic rings. The summed E-state index contributed by atoms with van der Waals surface area (Å²) in [6.45, 7) is 7.18. The molecule has 4 atom stereocenters. The van der Waals surface area contributed by atoms with Crippen LogP contribution in [0, 0.1) is 10.8 Å². The van der Waals surface area contributed by atoms with Crippen LogP contribution in [0.1, 0.15) is 61.8 Å². The van der Waals surface area contributed by atoms with Crippen molar-refractivity contribution in [3.63, 3.8) is 0 Å². The molecule has 0 saturated carbocycles. The molecule has 2 aliphatic heterocycles. The van der Waals surface area contributed by atoms with Crippen molar-refractivity contribution in [3.05, 3.63) is 107 Å². The van der Waals surface area contributed by atoms with Crippen LogP contribution in [0.5, 0.6) is 11.5 Å². The Kier molecular flexibility index (Phi) is 11.1. The van der Waals surface area contributed by atoms with Crippen molar-refractivity contribution in [2.75, 3.05) is 56.6 Å². The van der Waals surface area contributed by atoms with E-state index in [9.17, 15) is 32.2 Å². The Labute approximate surface area is 314 Å². The number of sulfone groups is 2. The first-order valence-corrected chi connectivity index (χ1v) is 20.8. The van der Waals surface area contributed by atoms with E-state index < -0.39 is 54.5 Å². The number of hydrogen-bond donors (Lipinski definition) is 3. The average molecular weight is 765 g/mol. The highest BCUT2D eigenvalue weighted by Gasteiger charge is 2.46. The Morgan fingerprint density at radius 2 is 0.962 bits per heavy atom. The third-order valence-corrected chi connectivity index (χ3v) is 14.8. The maximum Gasteiger partial charge on any atom is 0.179 e. The Morgan fingerprint density at radius 1 is 0.604 bits per heavy atom. The van der Waals surface area contributed by atoms with Gasteiger partial charge in [-0.05, 0) is 82.9 Å². The fraction of sp³-hybridized carbons (Fsp3) is 0.415. The lowest BCUT2D eigenvalue weighted by molar-refractivity contribution is 0.0521. The summed E-state index contributed by atoms with van der Waals surface area (Å²) in [7, 11) is 2.15. The summed E-state index contributed by atoms with van der Waals surface area (Å²) in [5.41, 5.74) is 3.04. The number of rotatable bonds is 5. The second kappa shape index (κ2) is 14.6. The molecule has 3 N–H and O–H groups in total. The number of methoxy groups -OCH3 is 1. The monoisotopic (exact) mass is 764 g/mol. The van der Waals surface area contributed by atoms with E-state index in [2.05, 4.69) is 0 Å². The molecule has 53 heavy (non-hydrogen) atoms. The van der Waals surface area contributed by atoms with Crippen LogP contribution in [-0.4, -0.2) is 91.2 Å². The van der Waals surface area contributed by atoms with Crippen molar-refractivity contribution in [3.8, 4) is 11.5 Å². The number of anilines is 2. The smallest absolute Gasteiger partial charge is 0.179 e. The molecule has 0 aromatic heterocycles. The largest absolute Gasteiger partial charge is 0.508 e. The maximum atomic E-state index is 13.1. The van der Waals surface area contributed by atoms with Crippen LogP contribution in [0.3, 0.4) is 0 Å². The zero-order chi connectivity index (χ0) is 39.3. The number of aliphatic hydroxyl groups excluding tert-OH is 2. The van der Waals surface area contributed by atoms with Crippen LogP contribution >= 0.6 is 0 Å². The average Bonchev–Trinajstić information content (AvgIpc) is 3.18. The number of benzene rings is 4. The normalized spacial score (nSPS) is 23.5. The molecule has 0 amide bonds. The molecule has 2 aliphatic rings. The zero-order valence-electron chi connectivity index (χ0n) is 31.9. The third-order valence-electron chi connectivity index (χ3n) is 10.4. The van der Waals surface area contributed by atoms with E-state index in [0.29, 0.717) is 16.0 Å². The Balaban J connectivity index is 0.000000204. The lowest BCUT2D eigenvalue weighted by atomic mass is 9.75. The van der Waals surface area contributed by atoms with Gasteiger partial charge in [-0.1, -0.05) is 52.0 Å². The van der Waals surface area contributed by atoms with Crippen molar-refractivity contribution in [2.45, 2.75) is 61.5 Å². The summed E-state index contributed by atoms with van der Waals surface area (Å²) in [6, 6.07) is 24.7. The van der Waals surface area contributed by atoms with Gasteiger partial charge in [0.2, 0.25) is 0 Å². The molecule has 10 nitrogen and oxygen atoms in total. The number of hydrogen-bond acceptors (Lipinski definition) is 10. The molecule has 2 heterocycles. The van der Waals surface area contributed by atoms with E-state index in [4.69, 9.17) is 4.74 Å². The predicted molar refractivity (Wildman–Crippen MR) is 210 cm³/mol. The summed E-state index contributed by atoms with van der Waals surface area (Å²) < 4.78 is 57.4. The van der Waals surface area contributed by atoms with Crippen LogP contribution < -0.4 is 14.5 Å². The lowest BCUT2D eigenvalue weighted by Gasteiger charge is -2.33. The highest BCUT2D eigenvalue weighted by Crippen LogP contribution is 2.47. The second-order valence-electron chi connectivity index (χ2n) is 15.9. The number of aromatic hydroxyl groups is 1. The molecule has 0 bridgehead atoms. The first-order valence-electron chi connectivity index (χ1n) is 17.5. The minimum absolute atomic E-state index is 0.0951. The van der Waals surface area contributed by atoms with Gasteiger partial charge >= 0.3 is 0 Å². The quantitative estimate of drug-likeness (QED) is 0.227. The summed E-state index contributed by atoms with van der Waals surface area (Å²) in [4.78, 5) is 4.41. The Bertz CT molecular complexity index is 2160. The fourth-order valence-corrected chi connectivity index (χ4v) is 11.7. The molecule has 0 fully saturated rings. The molecule has 0 saturated heterocycles. The molecule has 12 heteroatoms. The van der Waals surface area contributed by atoms with Gasteiger partial charge in [0, 0.05) is 62.2 Å². The summed E-state index contributed by atoms with van der Waals surface area (Å²) >= 11 is 0. The maximum absolute atomic E-state index is 13.1. The molecule has 0 radical (unpaired) electrons. The minimum Gasteiger partial charge on any atom is -0.508 e. The molecular formula is C41H52N2O8S2. The SMILES string of the molecule is CN(C)c1ccc2c(c1)[C@H](c1ccc(O)cc1)[C@H](O)C(C)(C)CS2(=O)=O.COc1ccc(C2c3cc(N(C)C)ccc3S(=O)(=O)CC(C)(C)C2O)cc1. The molecule has 286 valence electrons. The first kappa shape index (κ1) is 40.1. The van der Waals surface area contributed by atoms with Crippen LogP contribution in [-0.2, 0) is 19.7 Å². The lowest BCUT2D eigenvalue weighted by Crippen LogP contribution is -2.38. The van der Waals surface area contributed by atoms with E-state index in [1.165, 1.54) is 0 Å². The number of phenolic OH excluding ortho intramolecular Hbond substituents is 1. The minimum atomic E-state index is -3.54. The van der Waals surface area contributed by atoms with Crippen LogP contribution in [0.2, 0.25) is 0 Å². The molecule has 6 rings (SSSR count). The standard InChI is InChI=1S/C21H27NO4S.C20H25NO4S/c1-21(2)13-27(24,25)18-11-8-15(22(3)4)12-17(18)19(20(21)23)14-6-9-16(26-5)10-7-14;1-20(2)12-26(24,25)17-10-7-14(21(3)4)11-16(17)18(19(20)23)13-5-8-15(22)9-6-13/h6-12,19-20,23H,13H2,1-5H3;5-11,18-19,22-23H,12H2,1-4H3/t;18-,19-/m.0/s1. The first-order chi connectivity index (χ1) is 24.6. The number of fused-ring (bicyclic) bond motifs is 2. The summed E-state index contributed by atoms with van der Waals surface area (Å²) in [5, 5.41) is 32.0. The molecule has 0 spiro atoms. The Hall–Kier alpha value is -4.10. The van der Waals surface area contributed by atoms with Gasteiger partial charge in [-0.2, -0.15) is 0 Å². The number of ether oxygens (including phenoxy) is 1. The van der Waals surface area contributed by atoms with E-state index in [1.807, 2.05) is 94.3 Å².